The molecule has 1 saturated heterocycles. The lowest BCUT2D eigenvalue weighted by atomic mass is 10.2. The lowest BCUT2D eigenvalue weighted by Crippen LogP contribution is -2.32. The molecule has 0 unspecified atom stereocenters. The molecule has 0 saturated carbocycles. The number of ether oxygens (including phenoxy) is 1. The standard InChI is InChI=1S/C10H13NO5.C2HF3O2/c1-6-8(16-10(13)15-6)5-14-9(12)7-3-2-4-11-7;3-2(4,5)1(6)7/h7,11H,2-5H2,1H3;(H,6,7)/t7-;/m0./s1. The molecule has 1 aliphatic heterocycles. The van der Waals surface area contributed by atoms with Crippen molar-refractivity contribution < 1.29 is 41.4 Å². The van der Waals surface area contributed by atoms with E-state index < -0.39 is 18.0 Å². The number of carboxylic acids is 1. The van der Waals surface area contributed by atoms with Crippen LogP contribution in [0.1, 0.15) is 24.4 Å². The molecule has 2 heterocycles. The number of aliphatic carboxylic acids is 1. The summed E-state index contributed by atoms with van der Waals surface area (Å²) in [5, 5.41) is 10.1. The third-order valence-electron chi connectivity index (χ3n) is 2.77. The Bertz CT molecular complexity index is 599. The Hall–Kier alpha value is -2.30. The van der Waals surface area contributed by atoms with Gasteiger partial charge in [-0.3, -0.25) is 4.79 Å². The molecule has 1 atom stereocenters. The van der Waals surface area contributed by atoms with Gasteiger partial charge in [-0.2, -0.15) is 13.2 Å². The fourth-order valence-electron chi connectivity index (χ4n) is 1.63. The summed E-state index contributed by atoms with van der Waals surface area (Å²) in [5.41, 5.74) is 0. The quantitative estimate of drug-likeness (QED) is 0.781. The van der Waals surface area contributed by atoms with Crippen molar-refractivity contribution in [3.63, 3.8) is 0 Å². The van der Waals surface area contributed by atoms with E-state index in [4.69, 9.17) is 19.1 Å². The minimum Gasteiger partial charge on any atom is -0.475 e. The summed E-state index contributed by atoms with van der Waals surface area (Å²) >= 11 is 0. The van der Waals surface area contributed by atoms with Gasteiger partial charge in [-0.05, 0) is 26.3 Å². The Kier molecular flexibility index (Phi) is 6.37. The van der Waals surface area contributed by atoms with Crippen molar-refractivity contribution in [1.82, 2.24) is 5.32 Å². The van der Waals surface area contributed by atoms with Crippen LogP contribution in [-0.4, -0.2) is 35.8 Å². The second-order valence-corrected chi connectivity index (χ2v) is 4.49. The third kappa shape index (κ3) is 6.14. The SMILES string of the molecule is Cc1oc(=O)oc1COC(=O)[C@@H]1CCCN1.O=C(O)C(F)(F)F. The lowest BCUT2D eigenvalue weighted by molar-refractivity contribution is -0.192. The molecule has 1 aromatic rings. The Morgan fingerprint density at radius 2 is 2.00 bits per heavy atom. The van der Waals surface area contributed by atoms with Gasteiger partial charge in [0.2, 0.25) is 0 Å². The van der Waals surface area contributed by atoms with Crippen LogP contribution in [0.5, 0.6) is 0 Å². The van der Waals surface area contributed by atoms with Gasteiger partial charge in [0.1, 0.15) is 6.04 Å². The normalized spacial score (nSPS) is 17.3. The highest BCUT2D eigenvalue weighted by atomic mass is 19.4. The molecule has 130 valence electrons. The minimum atomic E-state index is -5.08. The van der Waals surface area contributed by atoms with Gasteiger partial charge < -0.3 is 24.0 Å². The number of rotatable bonds is 3. The van der Waals surface area contributed by atoms with Gasteiger partial charge in [-0.25, -0.2) is 9.59 Å². The summed E-state index contributed by atoms with van der Waals surface area (Å²) in [6.45, 7) is 2.36. The predicted molar refractivity (Wildman–Crippen MR) is 66.5 cm³/mol. The molecule has 23 heavy (non-hydrogen) atoms. The maximum absolute atomic E-state index is 11.5. The van der Waals surface area contributed by atoms with E-state index in [-0.39, 0.29) is 24.4 Å². The molecular formula is C12H14F3NO7. The molecule has 0 bridgehead atoms. The van der Waals surface area contributed by atoms with E-state index in [9.17, 15) is 22.8 Å². The molecule has 2 N–H and O–H groups in total. The maximum Gasteiger partial charge on any atom is 0.519 e. The van der Waals surface area contributed by atoms with Gasteiger partial charge in [0.05, 0.1) is 0 Å². The van der Waals surface area contributed by atoms with Crippen molar-refractivity contribution in [3.05, 3.63) is 22.1 Å². The molecule has 1 aromatic heterocycles. The summed E-state index contributed by atoms with van der Waals surface area (Å²) in [6, 6.07) is -0.237. The van der Waals surface area contributed by atoms with Crippen LogP contribution in [0, 0.1) is 6.92 Å². The van der Waals surface area contributed by atoms with Gasteiger partial charge in [-0.1, -0.05) is 0 Å². The predicted octanol–water partition coefficient (Wildman–Crippen LogP) is 0.970. The van der Waals surface area contributed by atoms with E-state index in [0.29, 0.717) is 5.76 Å². The number of esters is 1. The Morgan fingerprint density at radius 1 is 1.39 bits per heavy atom. The minimum absolute atomic E-state index is 0.0609. The van der Waals surface area contributed by atoms with Crippen molar-refractivity contribution >= 4 is 11.9 Å². The molecule has 0 radical (unpaired) electrons. The number of carbonyl (C=O) groups is 2. The molecule has 0 spiro atoms. The highest BCUT2D eigenvalue weighted by molar-refractivity contribution is 5.76. The van der Waals surface area contributed by atoms with Crippen LogP contribution in [0.2, 0.25) is 0 Å². The first-order valence-electron chi connectivity index (χ1n) is 6.40. The number of hydrogen-bond acceptors (Lipinski definition) is 7. The average molecular weight is 341 g/mol. The number of nitrogens with one attached hydrogen (secondary N) is 1. The van der Waals surface area contributed by atoms with E-state index in [2.05, 4.69) is 9.73 Å². The van der Waals surface area contributed by atoms with Crippen LogP contribution in [0.4, 0.5) is 13.2 Å². The summed E-state index contributed by atoms with van der Waals surface area (Å²) in [6.07, 6.45) is -3.33. The number of alkyl halides is 3. The second kappa shape index (κ2) is 7.81. The van der Waals surface area contributed by atoms with Gasteiger partial charge in [0.15, 0.2) is 18.1 Å². The molecule has 0 aliphatic carbocycles. The number of carboxylic acid groups (broad SMARTS) is 1. The Morgan fingerprint density at radius 3 is 2.39 bits per heavy atom. The first-order chi connectivity index (χ1) is 10.6. The first-order valence-corrected chi connectivity index (χ1v) is 6.40. The Balaban J connectivity index is 0.000000322. The maximum atomic E-state index is 11.5. The Labute approximate surface area is 127 Å². The fraction of sp³-hybridized carbons (Fsp3) is 0.583. The van der Waals surface area contributed by atoms with E-state index in [1.165, 1.54) is 0 Å². The first kappa shape index (κ1) is 18.7. The number of halogens is 3. The fourth-order valence-corrected chi connectivity index (χ4v) is 1.63. The topological polar surface area (TPSA) is 119 Å². The zero-order valence-electron chi connectivity index (χ0n) is 11.9. The van der Waals surface area contributed by atoms with Crippen molar-refractivity contribution in [1.29, 1.82) is 0 Å². The van der Waals surface area contributed by atoms with E-state index in [1.54, 1.807) is 6.92 Å². The zero-order chi connectivity index (χ0) is 17.6. The van der Waals surface area contributed by atoms with Crippen LogP contribution >= 0.6 is 0 Å². The summed E-state index contributed by atoms with van der Waals surface area (Å²) in [5.74, 6) is -3.25. The summed E-state index contributed by atoms with van der Waals surface area (Å²) < 4.78 is 46.1. The second-order valence-electron chi connectivity index (χ2n) is 4.49. The zero-order valence-corrected chi connectivity index (χ0v) is 11.9. The highest BCUT2D eigenvalue weighted by Crippen LogP contribution is 2.13. The number of aryl methyl sites for hydroxylation is 1. The molecule has 1 fully saturated rings. The van der Waals surface area contributed by atoms with Gasteiger partial charge in [-0.15, -0.1) is 0 Å². The molecule has 0 amide bonds. The van der Waals surface area contributed by atoms with Crippen LogP contribution in [0.25, 0.3) is 0 Å². The summed E-state index contributed by atoms with van der Waals surface area (Å²) in [7, 11) is 0. The van der Waals surface area contributed by atoms with Gasteiger partial charge >= 0.3 is 23.9 Å². The van der Waals surface area contributed by atoms with Crippen molar-refractivity contribution in [2.75, 3.05) is 6.54 Å². The molecule has 11 heteroatoms. The molecule has 0 aromatic carbocycles. The van der Waals surface area contributed by atoms with Crippen LogP contribution in [0.15, 0.2) is 13.6 Å². The molecule has 1 aliphatic rings. The van der Waals surface area contributed by atoms with Crippen LogP contribution < -0.4 is 11.1 Å². The van der Waals surface area contributed by atoms with Crippen molar-refractivity contribution in [3.8, 4) is 0 Å². The van der Waals surface area contributed by atoms with Gasteiger partial charge in [0.25, 0.3) is 0 Å². The van der Waals surface area contributed by atoms with Crippen LogP contribution in [-0.2, 0) is 20.9 Å². The van der Waals surface area contributed by atoms with Gasteiger partial charge in [0, 0.05) is 0 Å². The van der Waals surface area contributed by atoms with E-state index in [0.717, 1.165) is 19.4 Å². The van der Waals surface area contributed by atoms with Crippen LogP contribution in [0.3, 0.4) is 0 Å². The van der Waals surface area contributed by atoms with E-state index >= 15 is 0 Å². The third-order valence-corrected chi connectivity index (χ3v) is 2.77. The number of hydrogen-bond donors (Lipinski definition) is 2. The monoisotopic (exact) mass is 341 g/mol. The lowest BCUT2D eigenvalue weighted by Gasteiger charge is -2.08. The highest BCUT2D eigenvalue weighted by Gasteiger charge is 2.38. The van der Waals surface area contributed by atoms with Crippen molar-refractivity contribution in [2.45, 2.75) is 38.6 Å². The van der Waals surface area contributed by atoms with Crippen molar-refractivity contribution in [2.24, 2.45) is 0 Å². The molecule has 8 nitrogen and oxygen atoms in total. The average Bonchev–Trinajstić information content (AvgIpc) is 3.05. The molecular weight excluding hydrogens is 327 g/mol. The van der Waals surface area contributed by atoms with E-state index in [1.807, 2.05) is 0 Å². The molecule has 2 rings (SSSR count). The number of carbonyl (C=O) groups excluding carboxylic acids is 1. The largest absolute Gasteiger partial charge is 0.519 e. The summed E-state index contributed by atoms with van der Waals surface area (Å²) in [4.78, 5) is 31.1. The smallest absolute Gasteiger partial charge is 0.475 e.